The van der Waals surface area contributed by atoms with Crippen molar-refractivity contribution in [2.45, 2.75) is 43.9 Å². The molecule has 1 saturated heterocycles. The lowest BCUT2D eigenvalue weighted by atomic mass is 10.1. The molecule has 0 saturated carbocycles. The monoisotopic (exact) mass is 219 g/mol. The number of hydrogen-bond acceptors (Lipinski definition) is 4. The Labute approximate surface area is 90.9 Å². The Morgan fingerprint density at radius 1 is 1.36 bits per heavy atom. The first kappa shape index (κ1) is 12.3. The topological polar surface area (TPSA) is 30.5 Å². The fourth-order valence-electron chi connectivity index (χ4n) is 1.87. The molecule has 1 aliphatic heterocycles. The van der Waals surface area contributed by atoms with E-state index in [9.17, 15) is 0 Å². The molecule has 3 unspecified atom stereocenters. The predicted molar refractivity (Wildman–Crippen MR) is 60.7 cm³/mol. The van der Waals surface area contributed by atoms with E-state index in [2.05, 4.69) is 19.2 Å². The number of rotatable bonds is 5. The summed E-state index contributed by atoms with van der Waals surface area (Å²) < 4.78 is 10.4. The molecule has 4 heteroatoms. The second kappa shape index (κ2) is 5.95. The van der Waals surface area contributed by atoms with Gasteiger partial charge in [-0.1, -0.05) is 6.92 Å². The van der Waals surface area contributed by atoms with Crippen molar-refractivity contribution in [3.05, 3.63) is 0 Å². The molecule has 1 fully saturated rings. The van der Waals surface area contributed by atoms with E-state index < -0.39 is 0 Å². The third kappa shape index (κ3) is 3.12. The van der Waals surface area contributed by atoms with Gasteiger partial charge < -0.3 is 14.8 Å². The predicted octanol–water partition coefficient (Wildman–Crippen LogP) is 1.48. The second-order valence-electron chi connectivity index (χ2n) is 3.77. The highest BCUT2D eigenvalue weighted by atomic mass is 32.2. The lowest BCUT2D eigenvalue weighted by Crippen LogP contribution is -2.47. The number of ether oxygens (including phenoxy) is 2. The Hall–Kier alpha value is 0.230. The minimum atomic E-state index is -0.146. The van der Waals surface area contributed by atoms with Gasteiger partial charge in [0.2, 0.25) is 0 Å². The highest BCUT2D eigenvalue weighted by Crippen LogP contribution is 2.26. The summed E-state index contributed by atoms with van der Waals surface area (Å²) in [5.41, 5.74) is 0. The van der Waals surface area contributed by atoms with E-state index in [1.54, 1.807) is 14.2 Å². The molecule has 0 spiro atoms. The van der Waals surface area contributed by atoms with Crippen molar-refractivity contribution < 1.29 is 9.47 Å². The molecule has 0 aromatic heterocycles. The highest BCUT2D eigenvalue weighted by Gasteiger charge is 2.27. The van der Waals surface area contributed by atoms with Gasteiger partial charge in [0.05, 0.1) is 6.04 Å². The molecule has 0 amide bonds. The Bertz CT molecular complexity index is 164. The number of thioether (sulfide) groups is 1. The van der Waals surface area contributed by atoms with Gasteiger partial charge in [0.25, 0.3) is 0 Å². The lowest BCUT2D eigenvalue weighted by molar-refractivity contribution is -0.120. The van der Waals surface area contributed by atoms with E-state index >= 15 is 0 Å². The summed E-state index contributed by atoms with van der Waals surface area (Å²) in [5.74, 6) is 1.26. The first-order valence-corrected chi connectivity index (χ1v) is 6.17. The van der Waals surface area contributed by atoms with E-state index in [1.165, 1.54) is 12.2 Å². The molecule has 14 heavy (non-hydrogen) atoms. The van der Waals surface area contributed by atoms with E-state index in [0.717, 1.165) is 0 Å². The van der Waals surface area contributed by atoms with Gasteiger partial charge in [-0.25, -0.2) is 0 Å². The van der Waals surface area contributed by atoms with Gasteiger partial charge in [-0.15, -0.1) is 0 Å². The van der Waals surface area contributed by atoms with Crippen molar-refractivity contribution >= 4 is 11.8 Å². The van der Waals surface area contributed by atoms with E-state index in [-0.39, 0.29) is 12.3 Å². The van der Waals surface area contributed by atoms with Crippen molar-refractivity contribution in [2.75, 3.05) is 20.0 Å². The minimum absolute atomic E-state index is 0.146. The van der Waals surface area contributed by atoms with Crippen LogP contribution in [0.25, 0.3) is 0 Å². The Balaban J connectivity index is 2.34. The van der Waals surface area contributed by atoms with E-state index in [0.29, 0.717) is 11.3 Å². The van der Waals surface area contributed by atoms with Gasteiger partial charge >= 0.3 is 0 Å². The molecule has 0 aromatic rings. The van der Waals surface area contributed by atoms with Crippen LogP contribution in [-0.4, -0.2) is 43.6 Å². The zero-order valence-electron chi connectivity index (χ0n) is 9.45. The Morgan fingerprint density at radius 2 is 2.00 bits per heavy atom. The van der Waals surface area contributed by atoms with Crippen LogP contribution in [0.5, 0.6) is 0 Å². The quantitative estimate of drug-likeness (QED) is 0.710. The maximum absolute atomic E-state index is 5.22. The van der Waals surface area contributed by atoms with Crippen LogP contribution < -0.4 is 5.32 Å². The maximum atomic E-state index is 5.22. The summed E-state index contributed by atoms with van der Waals surface area (Å²) in [4.78, 5) is 0. The SMILES string of the molecule is COC(OC)C(C)NC1CCSC1C. The molecule has 0 radical (unpaired) electrons. The van der Waals surface area contributed by atoms with E-state index in [4.69, 9.17) is 9.47 Å². The zero-order valence-corrected chi connectivity index (χ0v) is 10.3. The molecule has 1 N–H and O–H groups in total. The van der Waals surface area contributed by atoms with Crippen LogP contribution in [0, 0.1) is 0 Å². The normalized spacial score (nSPS) is 29.8. The average molecular weight is 219 g/mol. The number of nitrogens with one attached hydrogen (secondary N) is 1. The zero-order chi connectivity index (χ0) is 10.6. The van der Waals surface area contributed by atoms with Gasteiger partial charge in [-0.3, -0.25) is 0 Å². The third-order valence-electron chi connectivity index (χ3n) is 2.73. The first-order chi connectivity index (χ1) is 6.69. The van der Waals surface area contributed by atoms with Crippen LogP contribution >= 0.6 is 11.8 Å². The van der Waals surface area contributed by atoms with Gasteiger partial charge in [-0.2, -0.15) is 11.8 Å². The molecule has 84 valence electrons. The molecule has 0 aliphatic carbocycles. The molecule has 1 heterocycles. The van der Waals surface area contributed by atoms with Crippen LogP contribution in [0.4, 0.5) is 0 Å². The Morgan fingerprint density at radius 3 is 2.43 bits per heavy atom. The number of methoxy groups -OCH3 is 2. The van der Waals surface area contributed by atoms with Crippen LogP contribution in [0.3, 0.4) is 0 Å². The molecule has 3 atom stereocenters. The van der Waals surface area contributed by atoms with Crippen LogP contribution in [0.15, 0.2) is 0 Å². The molecular weight excluding hydrogens is 198 g/mol. The van der Waals surface area contributed by atoms with Gasteiger partial charge in [0.15, 0.2) is 6.29 Å². The summed E-state index contributed by atoms with van der Waals surface area (Å²) in [6.07, 6.45) is 1.10. The first-order valence-electron chi connectivity index (χ1n) is 5.12. The Kier molecular flexibility index (Phi) is 5.23. The molecule has 1 rings (SSSR count). The summed E-state index contributed by atoms with van der Waals surface area (Å²) in [5, 5.41) is 4.26. The largest absolute Gasteiger partial charge is 0.354 e. The van der Waals surface area contributed by atoms with Crippen LogP contribution in [0.1, 0.15) is 20.3 Å². The highest BCUT2D eigenvalue weighted by molar-refractivity contribution is 8.00. The van der Waals surface area contributed by atoms with Crippen molar-refractivity contribution in [3.63, 3.8) is 0 Å². The van der Waals surface area contributed by atoms with Crippen molar-refractivity contribution in [1.29, 1.82) is 0 Å². The fourth-order valence-corrected chi connectivity index (χ4v) is 3.08. The standard InChI is InChI=1S/C10H21NO2S/c1-7(10(12-3)13-4)11-9-5-6-14-8(9)2/h7-11H,5-6H2,1-4H3. The number of hydrogen-bond donors (Lipinski definition) is 1. The van der Waals surface area contributed by atoms with Gasteiger partial charge in [0, 0.05) is 25.5 Å². The van der Waals surface area contributed by atoms with Gasteiger partial charge in [0.1, 0.15) is 0 Å². The molecule has 0 aromatic carbocycles. The lowest BCUT2D eigenvalue weighted by Gasteiger charge is -2.27. The molecule has 3 nitrogen and oxygen atoms in total. The van der Waals surface area contributed by atoms with Crippen molar-refractivity contribution in [1.82, 2.24) is 5.32 Å². The smallest absolute Gasteiger partial charge is 0.171 e. The van der Waals surface area contributed by atoms with Crippen LogP contribution in [-0.2, 0) is 9.47 Å². The maximum Gasteiger partial charge on any atom is 0.171 e. The summed E-state index contributed by atoms with van der Waals surface area (Å²) in [7, 11) is 3.36. The van der Waals surface area contributed by atoms with Gasteiger partial charge in [-0.05, 0) is 19.1 Å². The summed E-state index contributed by atoms with van der Waals surface area (Å²) in [6, 6.07) is 0.846. The summed E-state index contributed by atoms with van der Waals surface area (Å²) in [6.45, 7) is 4.38. The fraction of sp³-hybridized carbons (Fsp3) is 1.00. The molecule has 1 aliphatic rings. The third-order valence-corrected chi connectivity index (χ3v) is 4.05. The van der Waals surface area contributed by atoms with Crippen molar-refractivity contribution in [2.24, 2.45) is 0 Å². The van der Waals surface area contributed by atoms with Crippen molar-refractivity contribution in [3.8, 4) is 0 Å². The molecular formula is C10H21NO2S. The average Bonchev–Trinajstić information content (AvgIpc) is 2.54. The van der Waals surface area contributed by atoms with E-state index in [1.807, 2.05) is 11.8 Å². The van der Waals surface area contributed by atoms with Crippen LogP contribution in [0.2, 0.25) is 0 Å². The second-order valence-corrected chi connectivity index (χ2v) is 5.25. The minimum Gasteiger partial charge on any atom is -0.354 e. The molecule has 0 bridgehead atoms. The summed E-state index contributed by atoms with van der Waals surface area (Å²) >= 11 is 2.03.